The number of nitrogens with one attached hydrogen (secondary N) is 1. The third kappa shape index (κ3) is 6.40. The molecule has 0 aromatic heterocycles. The number of likely N-dealkylation sites (N-methyl/N-ethyl adjacent to an activating group) is 1. The highest BCUT2D eigenvalue weighted by Gasteiger charge is 2.06. The van der Waals surface area contributed by atoms with Gasteiger partial charge in [0, 0.05) is 19.1 Å². The highest BCUT2D eigenvalue weighted by Crippen LogP contribution is 2.12. The van der Waals surface area contributed by atoms with Gasteiger partial charge >= 0.3 is 0 Å². The van der Waals surface area contributed by atoms with Crippen LogP contribution in [0, 0.1) is 0 Å². The Hall–Kier alpha value is -1.06. The molecule has 0 amide bonds. The van der Waals surface area contributed by atoms with Gasteiger partial charge in [-0.3, -0.25) is 0 Å². The maximum atomic E-state index is 5.59. The minimum atomic E-state index is 0.505. The zero-order valence-electron chi connectivity index (χ0n) is 13.5. The molecule has 1 atom stereocenters. The van der Waals surface area contributed by atoms with Crippen LogP contribution < -0.4 is 10.1 Å². The summed E-state index contributed by atoms with van der Waals surface area (Å²) in [5, 5.41) is 3.58. The van der Waals surface area contributed by atoms with Crippen LogP contribution in [0.2, 0.25) is 0 Å². The first-order valence-corrected chi connectivity index (χ1v) is 7.87. The van der Waals surface area contributed by atoms with Crippen molar-refractivity contribution in [3.05, 3.63) is 29.8 Å². The monoisotopic (exact) mass is 278 g/mol. The Labute approximate surface area is 124 Å². The molecule has 0 bridgehead atoms. The zero-order valence-corrected chi connectivity index (χ0v) is 13.5. The van der Waals surface area contributed by atoms with Crippen LogP contribution in [0.1, 0.15) is 39.7 Å². The lowest BCUT2D eigenvalue weighted by atomic mass is 10.2. The van der Waals surface area contributed by atoms with Gasteiger partial charge in [0.25, 0.3) is 0 Å². The molecule has 1 rings (SSSR count). The molecule has 1 N–H and O–H groups in total. The molecule has 0 spiro atoms. The van der Waals surface area contributed by atoms with Crippen molar-refractivity contribution < 1.29 is 4.74 Å². The van der Waals surface area contributed by atoms with E-state index in [0.29, 0.717) is 6.04 Å². The number of rotatable bonds is 10. The Balaban J connectivity index is 2.33. The standard InChI is InChI=1S/C17H30N2O/c1-5-12-20-17-10-8-16(9-11-17)13-18-15(4)14-19(6-2)7-3/h8-11,15,18H,5-7,12-14H2,1-4H3. The van der Waals surface area contributed by atoms with Gasteiger partial charge in [-0.25, -0.2) is 0 Å². The minimum absolute atomic E-state index is 0.505. The summed E-state index contributed by atoms with van der Waals surface area (Å²) in [6.45, 7) is 13.8. The Morgan fingerprint density at radius 2 is 1.75 bits per heavy atom. The van der Waals surface area contributed by atoms with E-state index < -0.39 is 0 Å². The molecular weight excluding hydrogens is 248 g/mol. The lowest BCUT2D eigenvalue weighted by Crippen LogP contribution is -2.38. The predicted octanol–water partition coefficient (Wildman–Crippen LogP) is 3.30. The molecule has 0 heterocycles. The van der Waals surface area contributed by atoms with Crippen molar-refractivity contribution in [2.24, 2.45) is 0 Å². The van der Waals surface area contributed by atoms with Crippen molar-refractivity contribution in [3.63, 3.8) is 0 Å². The van der Waals surface area contributed by atoms with Crippen molar-refractivity contribution in [1.82, 2.24) is 10.2 Å². The third-order valence-corrected chi connectivity index (χ3v) is 3.48. The van der Waals surface area contributed by atoms with Gasteiger partial charge in [-0.1, -0.05) is 32.9 Å². The number of benzene rings is 1. The second-order valence-electron chi connectivity index (χ2n) is 5.26. The lowest BCUT2D eigenvalue weighted by Gasteiger charge is -2.23. The van der Waals surface area contributed by atoms with Gasteiger partial charge in [-0.15, -0.1) is 0 Å². The fraction of sp³-hybridized carbons (Fsp3) is 0.647. The van der Waals surface area contributed by atoms with Gasteiger partial charge in [-0.2, -0.15) is 0 Å². The molecule has 0 aliphatic carbocycles. The van der Waals surface area contributed by atoms with Gasteiger partial charge < -0.3 is 15.0 Å². The van der Waals surface area contributed by atoms with Crippen LogP contribution >= 0.6 is 0 Å². The number of hydrogen-bond acceptors (Lipinski definition) is 3. The molecule has 1 aromatic carbocycles. The largest absolute Gasteiger partial charge is 0.494 e. The van der Waals surface area contributed by atoms with E-state index >= 15 is 0 Å². The molecule has 0 fully saturated rings. The van der Waals surface area contributed by atoms with Crippen LogP contribution in [-0.4, -0.2) is 37.2 Å². The summed E-state index contributed by atoms with van der Waals surface area (Å²) in [4.78, 5) is 2.44. The Morgan fingerprint density at radius 3 is 2.30 bits per heavy atom. The van der Waals surface area contributed by atoms with E-state index in [9.17, 15) is 0 Å². The average molecular weight is 278 g/mol. The van der Waals surface area contributed by atoms with Crippen LogP contribution in [0.15, 0.2) is 24.3 Å². The molecule has 20 heavy (non-hydrogen) atoms. The minimum Gasteiger partial charge on any atom is -0.494 e. The Morgan fingerprint density at radius 1 is 1.10 bits per heavy atom. The smallest absolute Gasteiger partial charge is 0.119 e. The molecule has 0 aliphatic rings. The maximum Gasteiger partial charge on any atom is 0.119 e. The summed E-state index contributed by atoms with van der Waals surface area (Å²) in [7, 11) is 0. The van der Waals surface area contributed by atoms with Gasteiger partial charge in [-0.05, 0) is 44.1 Å². The predicted molar refractivity (Wildman–Crippen MR) is 86.3 cm³/mol. The molecular formula is C17H30N2O. The quantitative estimate of drug-likeness (QED) is 0.711. The highest BCUT2D eigenvalue weighted by molar-refractivity contribution is 5.27. The SMILES string of the molecule is CCCOc1ccc(CNC(C)CN(CC)CC)cc1. The van der Waals surface area contributed by atoms with Gasteiger partial charge in [0.05, 0.1) is 6.61 Å². The first-order valence-electron chi connectivity index (χ1n) is 7.87. The van der Waals surface area contributed by atoms with Gasteiger partial charge in [0.2, 0.25) is 0 Å². The number of nitrogens with zero attached hydrogens (tertiary/aromatic N) is 1. The second kappa shape index (κ2) is 9.78. The first-order chi connectivity index (χ1) is 9.69. The fourth-order valence-electron chi connectivity index (χ4n) is 2.15. The van der Waals surface area contributed by atoms with E-state index in [4.69, 9.17) is 4.74 Å². The topological polar surface area (TPSA) is 24.5 Å². The van der Waals surface area contributed by atoms with Crippen molar-refractivity contribution in [2.45, 2.75) is 46.7 Å². The van der Waals surface area contributed by atoms with E-state index in [1.165, 1.54) is 5.56 Å². The molecule has 1 aromatic rings. The number of hydrogen-bond donors (Lipinski definition) is 1. The molecule has 0 radical (unpaired) electrons. The molecule has 114 valence electrons. The summed E-state index contributed by atoms with van der Waals surface area (Å²) in [6.07, 6.45) is 1.05. The van der Waals surface area contributed by atoms with Crippen LogP contribution in [-0.2, 0) is 6.54 Å². The van der Waals surface area contributed by atoms with Gasteiger partial charge in [0.1, 0.15) is 5.75 Å². The molecule has 3 heteroatoms. The summed E-state index contributed by atoms with van der Waals surface area (Å²) >= 11 is 0. The van der Waals surface area contributed by atoms with E-state index in [-0.39, 0.29) is 0 Å². The summed E-state index contributed by atoms with van der Waals surface area (Å²) in [5.74, 6) is 0.965. The Bertz CT molecular complexity index is 347. The van der Waals surface area contributed by atoms with E-state index in [2.05, 4.69) is 62.2 Å². The first kappa shape index (κ1) is 17.0. The van der Waals surface area contributed by atoms with Crippen molar-refractivity contribution >= 4 is 0 Å². The lowest BCUT2D eigenvalue weighted by molar-refractivity contribution is 0.270. The van der Waals surface area contributed by atoms with Gasteiger partial charge in [0.15, 0.2) is 0 Å². The zero-order chi connectivity index (χ0) is 14.8. The molecule has 0 saturated carbocycles. The molecule has 0 saturated heterocycles. The van der Waals surface area contributed by atoms with E-state index in [1.54, 1.807) is 0 Å². The number of ether oxygens (including phenoxy) is 1. The molecule has 3 nitrogen and oxygen atoms in total. The van der Waals surface area contributed by atoms with E-state index in [0.717, 1.165) is 45.0 Å². The van der Waals surface area contributed by atoms with Crippen molar-refractivity contribution in [3.8, 4) is 5.75 Å². The molecule has 1 unspecified atom stereocenters. The summed E-state index contributed by atoms with van der Waals surface area (Å²) in [5.41, 5.74) is 1.31. The average Bonchev–Trinajstić information content (AvgIpc) is 2.49. The van der Waals surface area contributed by atoms with Crippen LogP contribution in [0.25, 0.3) is 0 Å². The summed E-state index contributed by atoms with van der Waals surface area (Å²) < 4.78 is 5.59. The normalized spacial score (nSPS) is 12.7. The van der Waals surface area contributed by atoms with Crippen LogP contribution in [0.4, 0.5) is 0 Å². The van der Waals surface area contributed by atoms with Crippen molar-refractivity contribution in [2.75, 3.05) is 26.2 Å². The van der Waals surface area contributed by atoms with Crippen LogP contribution in [0.3, 0.4) is 0 Å². The van der Waals surface area contributed by atoms with Crippen molar-refractivity contribution in [1.29, 1.82) is 0 Å². The third-order valence-electron chi connectivity index (χ3n) is 3.48. The maximum absolute atomic E-state index is 5.59. The summed E-state index contributed by atoms with van der Waals surface area (Å²) in [6, 6.07) is 8.90. The fourth-order valence-corrected chi connectivity index (χ4v) is 2.15. The van der Waals surface area contributed by atoms with Crippen LogP contribution in [0.5, 0.6) is 5.75 Å². The van der Waals surface area contributed by atoms with E-state index in [1.807, 2.05) is 0 Å². The Kier molecular flexibility index (Phi) is 8.31. The second-order valence-corrected chi connectivity index (χ2v) is 5.26. The molecule has 0 aliphatic heterocycles. The highest BCUT2D eigenvalue weighted by atomic mass is 16.5.